The minimum Gasteiger partial charge on any atom is -0.452 e. The van der Waals surface area contributed by atoms with Gasteiger partial charge in [-0.25, -0.2) is 22.0 Å². The van der Waals surface area contributed by atoms with Crippen molar-refractivity contribution in [3.63, 3.8) is 0 Å². The SMILES string of the molecule is CCN(CC)S(=O)(=O)c1cc(C(=O)OCC(=O)N(CCC#N)c2ccc(F)cc2)ccc1F. The summed E-state index contributed by atoms with van der Waals surface area (Å²) in [6.07, 6.45) is -0.0123. The van der Waals surface area contributed by atoms with E-state index in [4.69, 9.17) is 10.00 Å². The Morgan fingerprint density at radius 3 is 2.27 bits per heavy atom. The van der Waals surface area contributed by atoms with Crippen LogP contribution in [0.25, 0.3) is 0 Å². The number of hydrogen-bond donors (Lipinski definition) is 0. The largest absolute Gasteiger partial charge is 0.452 e. The van der Waals surface area contributed by atoms with Crippen LogP contribution in [0.4, 0.5) is 14.5 Å². The van der Waals surface area contributed by atoms with Crippen LogP contribution < -0.4 is 4.90 Å². The molecule has 0 N–H and O–H groups in total. The molecule has 0 bridgehead atoms. The van der Waals surface area contributed by atoms with Gasteiger partial charge in [-0.2, -0.15) is 9.57 Å². The molecule has 33 heavy (non-hydrogen) atoms. The van der Waals surface area contributed by atoms with Crippen LogP contribution in [0.1, 0.15) is 30.6 Å². The number of rotatable bonds is 10. The quantitative estimate of drug-likeness (QED) is 0.485. The lowest BCUT2D eigenvalue weighted by Gasteiger charge is -2.21. The Morgan fingerprint density at radius 2 is 1.70 bits per heavy atom. The topological polar surface area (TPSA) is 108 Å². The Labute approximate surface area is 191 Å². The number of nitrogens with zero attached hydrogens (tertiary/aromatic N) is 3. The van der Waals surface area contributed by atoms with Gasteiger partial charge in [-0.3, -0.25) is 4.79 Å². The molecule has 8 nitrogen and oxygen atoms in total. The van der Waals surface area contributed by atoms with Gasteiger partial charge < -0.3 is 9.64 Å². The van der Waals surface area contributed by atoms with Gasteiger partial charge in [-0.15, -0.1) is 0 Å². The first kappa shape index (κ1) is 25.9. The number of halogens is 2. The van der Waals surface area contributed by atoms with E-state index in [0.29, 0.717) is 5.69 Å². The highest BCUT2D eigenvalue weighted by Crippen LogP contribution is 2.21. The molecule has 2 aromatic rings. The number of carbonyl (C=O) groups is 2. The highest BCUT2D eigenvalue weighted by Gasteiger charge is 2.27. The summed E-state index contributed by atoms with van der Waals surface area (Å²) < 4.78 is 58.8. The Kier molecular flexibility index (Phi) is 9.02. The minimum atomic E-state index is -4.17. The molecular weight excluding hydrogens is 456 g/mol. The maximum Gasteiger partial charge on any atom is 0.338 e. The van der Waals surface area contributed by atoms with Gasteiger partial charge in [0.25, 0.3) is 5.91 Å². The van der Waals surface area contributed by atoms with Crippen LogP contribution in [0, 0.1) is 23.0 Å². The molecule has 2 aromatic carbocycles. The van der Waals surface area contributed by atoms with Crippen LogP contribution in [0.15, 0.2) is 47.4 Å². The lowest BCUT2D eigenvalue weighted by atomic mass is 10.2. The van der Waals surface area contributed by atoms with Crippen molar-refractivity contribution in [3.05, 3.63) is 59.7 Å². The van der Waals surface area contributed by atoms with E-state index in [0.717, 1.165) is 39.5 Å². The summed E-state index contributed by atoms with van der Waals surface area (Å²) in [5.74, 6) is -3.24. The predicted octanol–water partition coefficient (Wildman–Crippen LogP) is 3.10. The fourth-order valence-corrected chi connectivity index (χ4v) is 4.55. The van der Waals surface area contributed by atoms with Gasteiger partial charge in [0.1, 0.15) is 16.5 Å². The number of carbonyl (C=O) groups excluding carboxylic acids is 2. The lowest BCUT2D eigenvalue weighted by molar-refractivity contribution is -0.121. The van der Waals surface area contributed by atoms with Crippen LogP contribution in [0.3, 0.4) is 0 Å². The van der Waals surface area contributed by atoms with Gasteiger partial charge in [0.2, 0.25) is 10.0 Å². The monoisotopic (exact) mass is 479 g/mol. The molecule has 2 rings (SSSR count). The Balaban J connectivity index is 2.20. The molecule has 176 valence electrons. The van der Waals surface area contributed by atoms with Crippen LogP contribution in [-0.2, 0) is 19.6 Å². The van der Waals surface area contributed by atoms with Crippen molar-refractivity contribution in [2.45, 2.75) is 25.2 Å². The number of anilines is 1. The zero-order chi connectivity index (χ0) is 24.6. The van der Waals surface area contributed by atoms with Gasteiger partial charge in [0, 0.05) is 25.3 Å². The van der Waals surface area contributed by atoms with Crippen LogP contribution in [0.5, 0.6) is 0 Å². The second-order valence-corrected chi connectivity index (χ2v) is 8.65. The molecule has 1 amide bonds. The fraction of sp³-hybridized carbons (Fsp3) is 0.318. The van der Waals surface area contributed by atoms with Crippen LogP contribution in [0.2, 0.25) is 0 Å². The van der Waals surface area contributed by atoms with E-state index in [9.17, 15) is 26.8 Å². The highest BCUT2D eigenvalue weighted by atomic mass is 32.2. The van der Waals surface area contributed by atoms with E-state index in [-0.39, 0.29) is 31.6 Å². The van der Waals surface area contributed by atoms with E-state index >= 15 is 0 Å². The Morgan fingerprint density at radius 1 is 1.06 bits per heavy atom. The minimum absolute atomic E-state index is 0.0123. The summed E-state index contributed by atoms with van der Waals surface area (Å²) in [7, 11) is -4.17. The number of hydrogen-bond acceptors (Lipinski definition) is 6. The first-order chi connectivity index (χ1) is 15.6. The first-order valence-electron chi connectivity index (χ1n) is 10.0. The van der Waals surface area contributed by atoms with Gasteiger partial charge in [0.05, 0.1) is 18.1 Å². The maximum atomic E-state index is 14.2. The van der Waals surface area contributed by atoms with Crippen molar-refractivity contribution >= 4 is 27.6 Å². The molecule has 0 heterocycles. The number of ether oxygens (including phenoxy) is 1. The lowest BCUT2D eigenvalue weighted by Crippen LogP contribution is -2.35. The number of esters is 1. The zero-order valence-electron chi connectivity index (χ0n) is 18.1. The number of benzene rings is 2. The average molecular weight is 480 g/mol. The third-order valence-corrected chi connectivity index (χ3v) is 6.77. The molecule has 0 saturated heterocycles. The standard InChI is InChI=1S/C22H23F2N3O5S/c1-3-26(4-2)33(30,31)20-14-16(6-11-19(20)24)22(29)32-15-21(28)27(13-5-12-25)18-9-7-17(23)8-10-18/h6-11,14H,3-5,13,15H2,1-2H3. The van der Waals surface area contributed by atoms with Gasteiger partial charge >= 0.3 is 5.97 Å². The van der Waals surface area contributed by atoms with Crippen LogP contribution >= 0.6 is 0 Å². The average Bonchev–Trinajstić information content (AvgIpc) is 2.79. The third kappa shape index (κ3) is 6.34. The summed E-state index contributed by atoms with van der Waals surface area (Å²) >= 11 is 0. The summed E-state index contributed by atoms with van der Waals surface area (Å²) in [6, 6.07) is 9.63. The Hall–Kier alpha value is -3.36. The number of amides is 1. The maximum absolute atomic E-state index is 14.2. The van der Waals surface area contributed by atoms with Gasteiger partial charge in [-0.05, 0) is 42.5 Å². The van der Waals surface area contributed by atoms with Crippen molar-refractivity contribution in [1.29, 1.82) is 5.26 Å². The van der Waals surface area contributed by atoms with Crippen molar-refractivity contribution in [1.82, 2.24) is 4.31 Å². The summed E-state index contributed by atoms with van der Waals surface area (Å²) in [6.45, 7) is 2.69. The van der Waals surface area contributed by atoms with E-state index in [1.807, 2.05) is 6.07 Å². The molecule has 0 unspecified atom stereocenters. The van der Waals surface area contributed by atoms with Gasteiger partial charge in [-0.1, -0.05) is 13.8 Å². The molecule has 0 spiro atoms. The molecule has 0 aliphatic heterocycles. The normalized spacial score (nSPS) is 11.2. The number of nitriles is 1. The first-order valence-corrected chi connectivity index (χ1v) is 11.5. The van der Waals surface area contributed by atoms with Gasteiger partial charge in [0.15, 0.2) is 6.61 Å². The molecule has 0 aliphatic rings. The summed E-state index contributed by atoms with van der Waals surface area (Å²) in [5, 5.41) is 8.83. The molecule has 0 atom stereocenters. The molecular formula is C22H23F2N3O5S. The zero-order valence-corrected chi connectivity index (χ0v) is 18.9. The molecule has 0 saturated carbocycles. The molecule has 0 radical (unpaired) electrons. The van der Waals surface area contributed by atoms with E-state index in [1.54, 1.807) is 13.8 Å². The molecule has 0 aliphatic carbocycles. The summed E-state index contributed by atoms with van der Waals surface area (Å²) in [4.78, 5) is 25.5. The molecule has 0 fully saturated rings. The van der Waals surface area contributed by atoms with Crippen molar-refractivity contribution in [2.75, 3.05) is 31.1 Å². The van der Waals surface area contributed by atoms with E-state index in [1.165, 1.54) is 12.1 Å². The molecule has 11 heteroatoms. The number of sulfonamides is 1. The van der Waals surface area contributed by atoms with Crippen molar-refractivity contribution < 1.29 is 31.5 Å². The second kappa shape index (κ2) is 11.5. The fourth-order valence-electron chi connectivity index (χ4n) is 3.00. The van der Waals surface area contributed by atoms with Crippen LogP contribution in [-0.4, -0.2) is 50.8 Å². The van der Waals surface area contributed by atoms with Crippen molar-refractivity contribution in [3.8, 4) is 6.07 Å². The Bertz CT molecular complexity index is 1140. The molecule has 0 aromatic heterocycles. The van der Waals surface area contributed by atoms with E-state index < -0.39 is 45.0 Å². The highest BCUT2D eigenvalue weighted by molar-refractivity contribution is 7.89. The van der Waals surface area contributed by atoms with E-state index in [2.05, 4.69) is 0 Å². The summed E-state index contributed by atoms with van der Waals surface area (Å²) in [5.41, 5.74) is 0.0578. The van der Waals surface area contributed by atoms with Crippen molar-refractivity contribution in [2.24, 2.45) is 0 Å². The predicted molar refractivity (Wildman–Crippen MR) is 116 cm³/mol. The third-order valence-electron chi connectivity index (χ3n) is 4.70. The smallest absolute Gasteiger partial charge is 0.338 e. The second-order valence-electron chi connectivity index (χ2n) is 6.74.